The summed E-state index contributed by atoms with van der Waals surface area (Å²) in [4.78, 5) is 36.7. The molecule has 40 heavy (non-hydrogen) atoms. The van der Waals surface area contributed by atoms with Gasteiger partial charge in [-0.25, -0.2) is 15.0 Å². The van der Waals surface area contributed by atoms with Crippen molar-refractivity contribution in [3.8, 4) is 23.0 Å². The van der Waals surface area contributed by atoms with Crippen LogP contribution in [-0.4, -0.2) is 58.7 Å². The molecule has 0 aromatic heterocycles. The van der Waals surface area contributed by atoms with Crippen LogP contribution < -0.4 is 35.0 Å². The van der Waals surface area contributed by atoms with E-state index < -0.39 is 23.9 Å². The quantitative estimate of drug-likeness (QED) is 0.142. The molecule has 0 radical (unpaired) electrons. The Kier molecular flexibility index (Phi) is 10.5. The molecule has 1 atom stereocenters. The third kappa shape index (κ3) is 7.32. The van der Waals surface area contributed by atoms with E-state index in [1.807, 2.05) is 0 Å². The van der Waals surface area contributed by atoms with E-state index in [2.05, 4.69) is 43.7 Å². The SMILES string of the molecule is C=CCOc1c(Br)cc(/C=N\NC(=O)COc2ccc([C@@H]3NC(=O)NC(C)=C3C(=O)OC)cc2OC)cc1OC. The van der Waals surface area contributed by atoms with E-state index in [-0.39, 0.29) is 17.9 Å². The average molecular weight is 617 g/mol. The highest BCUT2D eigenvalue weighted by molar-refractivity contribution is 9.10. The smallest absolute Gasteiger partial charge is 0.337 e. The third-order valence-corrected chi connectivity index (χ3v) is 6.14. The van der Waals surface area contributed by atoms with Crippen LogP contribution in [0.4, 0.5) is 4.79 Å². The molecule has 1 heterocycles. The Bertz CT molecular complexity index is 1360. The molecule has 0 unspecified atom stereocenters. The maximum Gasteiger partial charge on any atom is 0.337 e. The largest absolute Gasteiger partial charge is 0.493 e. The van der Waals surface area contributed by atoms with Crippen LogP contribution in [-0.2, 0) is 14.3 Å². The number of rotatable bonds is 12. The minimum absolute atomic E-state index is 0.249. The molecule has 3 N–H and O–H groups in total. The van der Waals surface area contributed by atoms with Crippen LogP contribution in [0.25, 0.3) is 0 Å². The lowest BCUT2D eigenvalue weighted by atomic mass is 9.95. The lowest BCUT2D eigenvalue weighted by Gasteiger charge is -2.28. The van der Waals surface area contributed by atoms with E-state index in [4.69, 9.17) is 23.7 Å². The number of amides is 3. The third-order valence-electron chi connectivity index (χ3n) is 5.55. The number of hydrazone groups is 1. The number of esters is 1. The van der Waals surface area contributed by atoms with E-state index in [0.29, 0.717) is 45.2 Å². The van der Waals surface area contributed by atoms with Gasteiger partial charge in [0.2, 0.25) is 0 Å². The second-order valence-electron chi connectivity index (χ2n) is 8.19. The summed E-state index contributed by atoms with van der Waals surface area (Å²) in [5, 5.41) is 9.23. The lowest BCUT2D eigenvalue weighted by Crippen LogP contribution is -2.45. The van der Waals surface area contributed by atoms with Crippen LogP contribution in [0.2, 0.25) is 0 Å². The number of hydrogen-bond donors (Lipinski definition) is 3. The zero-order chi connectivity index (χ0) is 29.2. The highest BCUT2D eigenvalue weighted by atomic mass is 79.9. The molecule has 13 heteroatoms. The van der Waals surface area contributed by atoms with Gasteiger partial charge in [-0.15, -0.1) is 0 Å². The van der Waals surface area contributed by atoms with Gasteiger partial charge >= 0.3 is 12.0 Å². The number of carbonyl (C=O) groups excluding carboxylic acids is 3. The van der Waals surface area contributed by atoms with Crippen LogP contribution >= 0.6 is 15.9 Å². The zero-order valence-electron chi connectivity index (χ0n) is 22.3. The van der Waals surface area contributed by atoms with Gasteiger partial charge in [0.1, 0.15) is 6.61 Å². The topological polar surface area (TPSA) is 146 Å². The van der Waals surface area contributed by atoms with Crippen molar-refractivity contribution in [1.29, 1.82) is 0 Å². The summed E-state index contributed by atoms with van der Waals surface area (Å²) < 4.78 is 27.5. The second-order valence-corrected chi connectivity index (χ2v) is 9.04. The van der Waals surface area contributed by atoms with E-state index in [9.17, 15) is 14.4 Å². The molecular weight excluding hydrogens is 588 g/mol. The molecule has 1 aliphatic rings. The Morgan fingerprint density at radius 2 is 1.85 bits per heavy atom. The summed E-state index contributed by atoms with van der Waals surface area (Å²) in [6.07, 6.45) is 3.06. The molecular formula is C27H29BrN4O8. The van der Waals surface area contributed by atoms with Crippen molar-refractivity contribution in [2.24, 2.45) is 5.10 Å². The van der Waals surface area contributed by atoms with Crippen LogP contribution in [0.3, 0.4) is 0 Å². The molecule has 2 aromatic rings. The maximum absolute atomic E-state index is 12.3. The van der Waals surface area contributed by atoms with Crippen molar-refractivity contribution in [3.63, 3.8) is 0 Å². The zero-order valence-corrected chi connectivity index (χ0v) is 23.9. The molecule has 0 aliphatic carbocycles. The van der Waals surface area contributed by atoms with Crippen LogP contribution in [0.15, 0.2) is 63.8 Å². The monoisotopic (exact) mass is 616 g/mol. The number of carbonyl (C=O) groups is 3. The average Bonchev–Trinajstić information content (AvgIpc) is 2.94. The molecule has 12 nitrogen and oxygen atoms in total. The van der Waals surface area contributed by atoms with Crippen molar-refractivity contribution >= 4 is 40.1 Å². The maximum atomic E-state index is 12.3. The summed E-state index contributed by atoms with van der Waals surface area (Å²) in [6.45, 7) is 5.19. The predicted octanol–water partition coefficient (Wildman–Crippen LogP) is 3.36. The fourth-order valence-corrected chi connectivity index (χ4v) is 4.33. The van der Waals surface area contributed by atoms with E-state index in [1.54, 1.807) is 43.3 Å². The van der Waals surface area contributed by atoms with Crippen molar-refractivity contribution in [2.45, 2.75) is 13.0 Å². The highest BCUT2D eigenvalue weighted by Crippen LogP contribution is 2.36. The van der Waals surface area contributed by atoms with Gasteiger partial charge in [0.15, 0.2) is 29.6 Å². The summed E-state index contributed by atoms with van der Waals surface area (Å²) in [5.41, 5.74) is 4.22. The number of benzene rings is 2. The number of nitrogens with zero attached hydrogens (tertiary/aromatic N) is 1. The van der Waals surface area contributed by atoms with Gasteiger partial charge in [0.25, 0.3) is 5.91 Å². The normalized spacial score (nSPS) is 14.6. The lowest BCUT2D eigenvalue weighted by molar-refractivity contribution is -0.136. The first-order valence-electron chi connectivity index (χ1n) is 11.8. The number of ether oxygens (including phenoxy) is 5. The van der Waals surface area contributed by atoms with Crippen molar-refractivity contribution in [2.75, 3.05) is 34.5 Å². The molecule has 212 valence electrons. The van der Waals surface area contributed by atoms with Crippen LogP contribution in [0.5, 0.6) is 23.0 Å². The van der Waals surface area contributed by atoms with Gasteiger partial charge in [0, 0.05) is 5.70 Å². The Morgan fingerprint density at radius 3 is 2.52 bits per heavy atom. The number of urea groups is 1. The molecule has 0 saturated heterocycles. The first-order chi connectivity index (χ1) is 19.2. The number of nitrogens with one attached hydrogen (secondary N) is 3. The van der Waals surface area contributed by atoms with E-state index >= 15 is 0 Å². The first-order valence-corrected chi connectivity index (χ1v) is 12.6. The number of methoxy groups -OCH3 is 3. The van der Waals surface area contributed by atoms with Crippen molar-refractivity contribution < 1.29 is 38.1 Å². The van der Waals surface area contributed by atoms with Crippen molar-refractivity contribution in [1.82, 2.24) is 16.1 Å². The Morgan fingerprint density at radius 1 is 1.10 bits per heavy atom. The summed E-state index contributed by atoms with van der Waals surface area (Å²) >= 11 is 3.44. The fraction of sp³-hybridized carbons (Fsp3) is 0.259. The van der Waals surface area contributed by atoms with Gasteiger partial charge in [-0.3, -0.25) is 4.79 Å². The van der Waals surface area contributed by atoms with Crippen molar-refractivity contribution in [3.05, 3.63) is 69.9 Å². The van der Waals surface area contributed by atoms with Gasteiger partial charge in [-0.1, -0.05) is 18.7 Å². The Balaban J connectivity index is 1.66. The standard InChI is InChI=1S/C27H29BrN4O8/c1-6-9-39-25-18(28)10-16(11-21(25)37-4)13-29-32-22(33)14-40-19-8-7-17(12-20(19)36-3)24-23(26(34)38-5)15(2)30-27(35)31-24/h6-8,10-13,24H,1,9,14H2,2-5H3,(H,32,33)(H2,30,31,35)/b29-13-/t24-/m0/s1. The number of allylic oxidation sites excluding steroid dienone is 1. The predicted molar refractivity (Wildman–Crippen MR) is 150 cm³/mol. The Hall–Kier alpha value is -4.52. The van der Waals surface area contributed by atoms with Gasteiger partial charge < -0.3 is 34.3 Å². The second kappa shape index (κ2) is 14.0. The van der Waals surface area contributed by atoms with Crippen LogP contribution in [0.1, 0.15) is 24.1 Å². The molecule has 2 aromatic carbocycles. The van der Waals surface area contributed by atoms with Gasteiger partial charge in [-0.2, -0.15) is 5.10 Å². The molecule has 1 aliphatic heterocycles. The molecule has 0 saturated carbocycles. The minimum Gasteiger partial charge on any atom is -0.493 e. The Labute approximate surface area is 239 Å². The first kappa shape index (κ1) is 30.0. The van der Waals surface area contributed by atoms with E-state index in [0.717, 1.165) is 0 Å². The molecule has 0 bridgehead atoms. The fourth-order valence-electron chi connectivity index (χ4n) is 3.76. The number of hydrogen-bond acceptors (Lipinski definition) is 9. The van der Waals surface area contributed by atoms with E-state index in [1.165, 1.54) is 27.5 Å². The minimum atomic E-state index is -0.775. The summed E-state index contributed by atoms with van der Waals surface area (Å²) in [6, 6.07) is 7.04. The summed E-state index contributed by atoms with van der Waals surface area (Å²) in [5.74, 6) is 0.461. The van der Waals surface area contributed by atoms with Gasteiger partial charge in [-0.05, 0) is 58.2 Å². The van der Waals surface area contributed by atoms with Crippen LogP contribution in [0, 0.1) is 0 Å². The molecule has 3 amide bonds. The van der Waals surface area contributed by atoms with Gasteiger partial charge in [0.05, 0.1) is 43.6 Å². The number of halogens is 1. The highest BCUT2D eigenvalue weighted by Gasteiger charge is 2.32. The summed E-state index contributed by atoms with van der Waals surface area (Å²) in [7, 11) is 4.20. The molecule has 0 spiro atoms. The molecule has 0 fully saturated rings. The molecule has 3 rings (SSSR count).